The zero-order chi connectivity index (χ0) is 29.1. The Morgan fingerprint density at radius 3 is 2.65 bits per heavy atom. The Hall–Kier alpha value is -3.45. The molecule has 2 bridgehead atoms. The van der Waals surface area contributed by atoms with Crippen LogP contribution in [0.15, 0.2) is 24.4 Å². The molecule has 0 spiro atoms. The summed E-state index contributed by atoms with van der Waals surface area (Å²) in [6, 6.07) is 6.72. The van der Waals surface area contributed by atoms with Crippen LogP contribution in [0.3, 0.4) is 0 Å². The Kier molecular flexibility index (Phi) is 6.89. The maximum Gasteiger partial charge on any atom is 0.240 e. The number of hydrogen-bond donors (Lipinski definition) is 3. The van der Waals surface area contributed by atoms with Crippen LogP contribution >= 0.6 is 0 Å². The van der Waals surface area contributed by atoms with Gasteiger partial charge in [-0.15, -0.1) is 0 Å². The normalized spacial score (nSPS) is 27.1. The molecule has 5 aliphatic rings. The molecule has 12 heteroatoms. The molecule has 5 aliphatic heterocycles. The lowest BCUT2D eigenvalue weighted by molar-refractivity contribution is -0.137. The largest absolute Gasteiger partial charge is 0.395 e. The number of anilines is 3. The van der Waals surface area contributed by atoms with Crippen LogP contribution in [0.5, 0.6) is 0 Å². The number of β-amino-alcohol motifs (C(OH)–C–C–N with tert-alkyl or cyclic N) is 2. The molecule has 226 valence electrons. The van der Waals surface area contributed by atoms with Crippen molar-refractivity contribution in [1.82, 2.24) is 29.7 Å². The van der Waals surface area contributed by atoms with Gasteiger partial charge in [0.25, 0.3) is 0 Å². The van der Waals surface area contributed by atoms with Crippen LogP contribution in [0.1, 0.15) is 55.0 Å². The number of aromatic nitrogens is 4. The van der Waals surface area contributed by atoms with E-state index in [2.05, 4.69) is 21.3 Å². The monoisotopic (exact) mass is 586 g/mol. The van der Waals surface area contributed by atoms with Crippen LogP contribution < -0.4 is 10.2 Å². The average molecular weight is 587 g/mol. The second-order valence-corrected chi connectivity index (χ2v) is 12.7. The lowest BCUT2D eigenvalue weighted by atomic mass is 10.0. The van der Waals surface area contributed by atoms with Gasteiger partial charge in [0.15, 0.2) is 5.82 Å². The predicted octanol–water partition coefficient (Wildman–Crippen LogP) is 1.72. The van der Waals surface area contributed by atoms with Gasteiger partial charge in [0, 0.05) is 67.9 Å². The maximum absolute atomic E-state index is 13.3. The number of pyridine rings is 2. The van der Waals surface area contributed by atoms with Crippen LogP contribution in [-0.4, -0.2) is 110 Å². The lowest BCUT2D eigenvalue weighted by Gasteiger charge is -2.33. The van der Waals surface area contributed by atoms with Crippen molar-refractivity contribution >= 4 is 34.4 Å². The summed E-state index contributed by atoms with van der Waals surface area (Å²) >= 11 is 0. The molecule has 0 aliphatic carbocycles. The Labute approximate surface area is 250 Å². The van der Waals surface area contributed by atoms with E-state index in [0.717, 1.165) is 33.7 Å². The first-order valence-corrected chi connectivity index (χ1v) is 15.7. The fraction of sp³-hybridized carbons (Fsp3) is 0.581. The fourth-order valence-corrected chi connectivity index (χ4v) is 7.67. The van der Waals surface area contributed by atoms with E-state index in [-0.39, 0.29) is 12.5 Å². The number of aliphatic hydroxyl groups is 2. The third kappa shape index (κ3) is 4.90. The number of ether oxygens (including phenoxy) is 1. The van der Waals surface area contributed by atoms with Crippen molar-refractivity contribution in [3.63, 3.8) is 0 Å². The zero-order valence-electron chi connectivity index (χ0n) is 24.2. The van der Waals surface area contributed by atoms with Gasteiger partial charge in [0.05, 0.1) is 37.7 Å². The number of nitrogens with zero attached hydrogens (tertiary/aromatic N) is 7. The third-order valence-electron chi connectivity index (χ3n) is 9.97. The number of carbonyl (C=O) groups excluding carboxylic acids is 1. The van der Waals surface area contributed by atoms with Crippen molar-refractivity contribution in [3.05, 3.63) is 41.3 Å². The molecule has 4 saturated heterocycles. The number of rotatable bonds is 7. The van der Waals surface area contributed by atoms with Crippen molar-refractivity contribution in [2.45, 2.75) is 75.2 Å². The van der Waals surface area contributed by atoms with Gasteiger partial charge in [-0.3, -0.25) is 9.69 Å². The molecule has 12 nitrogen and oxygen atoms in total. The standard InChI is InChI=1S/C31H38N8O4/c40-10-9-37-15-23(41)12-26(37)30(42)38-8-7-24-18(14-38)1-6-27(33-24)35-31-32-13-19-11-25(20-16-43-17-20)34-29(28(19)36-31)39-21-2-3-22(39)5-4-21/h1,6,11,13,20-23,26,40-41H,2-5,7-10,12,14-17H2,(H,32,33,35,36)/t21?,22?,23-,26-/m1/s1. The van der Waals surface area contributed by atoms with Gasteiger partial charge >= 0.3 is 0 Å². The third-order valence-corrected chi connectivity index (χ3v) is 9.97. The molecule has 1 amide bonds. The molecular formula is C31H38N8O4. The number of hydrogen-bond acceptors (Lipinski definition) is 11. The minimum atomic E-state index is -0.540. The molecule has 0 aromatic carbocycles. The molecule has 0 radical (unpaired) electrons. The molecule has 4 fully saturated rings. The average Bonchev–Trinajstić information content (AvgIpc) is 3.69. The summed E-state index contributed by atoms with van der Waals surface area (Å²) in [5.74, 6) is 2.48. The minimum Gasteiger partial charge on any atom is -0.395 e. The summed E-state index contributed by atoms with van der Waals surface area (Å²) in [4.78, 5) is 39.3. The topological polar surface area (TPSA) is 140 Å². The van der Waals surface area contributed by atoms with Gasteiger partial charge in [0.2, 0.25) is 11.9 Å². The summed E-state index contributed by atoms with van der Waals surface area (Å²) in [5, 5.41) is 23.8. The lowest BCUT2D eigenvalue weighted by Crippen LogP contribution is -2.48. The number of likely N-dealkylation sites (tertiary alicyclic amines) is 1. The van der Waals surface area contributed by atoms with E-state index in [4.69, 9.17) is 19.7 Å². The summed E-state index contributed by atoms with van der Waals surface area (Å²) in [6.45, 7) is 3.25. The highest BCUT2D eigenvalue weighted by atomic mass is 16.5. The van der Waals surface area contributed by atoms with Crippen LogP contribution in [-0.2, 0) is 22.5 Å². The van der Waals surface area contributed by atoms with Crippen LogP contribution in [0.4, 0.5) is 17.6 Å². The van der Waals surface area contributed by atoms with E-state index >= 15 is 0 Å². The number of fused-ring (bicyclic) bond motifs is 4. The van der Waals surface area contributed by atoms with Crippen molar-refractivity contribution in [3.8, 4) is 0 Å². The highest BCUT2D eigenvalue weighted by Gasteiger charge is 2.42. The number of amides is 1. The van der Waals surface area contributed by atoms with Gasteiger partial charge in [-0.1, -0.05) is 6.07 Å². The van der Waals surface area contributed by atoms with Crippen molar-refractivity contribution in [1.29, 1.82) is 0 Å². The molecule has 8 rings (SSSR count). The minimum absolute atomic E-state index is 0.00580. The van der Waals surface area contributed by atoms with Crippen molar-refractivity contribution < 1.29 is 19.7 Å². The van der Waals surface area contributed by atoms with Gasteiger partial charge in [-0.05, 0) is 49.8 Å². The smallest absolute Gasteiger partial charge is 0.240 e. The Morgan fingerprint density at radius 2 is 1.91 bits per heavy atom. The van der Waals surface area contributed by atoms with E-state index in [9.17, 15) is 15.0 Å². The van der Waals surface area contributed by atoms with Crippen molar-refractivity contribution in [2.75, 3.05) is 49.7 Å². The fourth-order valence-electron chi connectivity index (χ4n) is 7.67. The molecule has 0 unspecified atom stereocenters. The van der Waals surface area contributed by atoms with Crippen LogP contribution in [0, 0.1) is 0 Å². The second-order valence-electron chi connectivity index (χ2n) is 12.7. The molecule has 0 saturated carbocycles. The summed E-state index contributed by atoms with van der Waals surface area (Å²) in [6.07, 6.45) is 7.25. The zero-order valence-corrected chi connectivity index (χ0v) is 24.2. The molecule has 2 atom stereocenters. The molecule has 3 aromatic rings. The van der Waals surface area contributed by atoms with Crippen LogP contribution in [0.25, 0.3) is 10.9 Å². The molecule has 3 aromatic heterocycles. The van der Waals surface area contributed by atoms with E-state index in [0.29, 0.717) is 82.0 Å². The molecule has 3 N–H and O–H groups in total. The van der Waals surface area contributed by atoms with Gasteiger partial charge < -0.3 is 30.1 Å². The Balaban J connectivity index is 1.02. The first-order valence-electron chi connectivity index (χ1n) is 15.7. The van der Waals surface area contributed by atoms with E-state index in [1.807, 2.05) is 28.1 Å². The van der Waals surface area contributed by atoms with E-state index < -0.39 is 12.1 Å². The van der Waals surface area contributed by atoms with Gasteiger partial charge in [-0.25, -0.2) is 19.9 Å². The van der Waals surface area contributed by atoms with Gasteiger partial charge in [0.1, 0.15) is 11.3 Å². The summed E-state index contributed by atoms with van der Waals surface area (Å²) < 4.78 is 5.46. The first-order chi connectivity index (χ1) is 21.0. The maximum atomic E-state index is 13.3. The van der Waals surface area contributed by atoms with Crippen LogP contribution in [0.2, 0.25) is 0 Å². The molecule has 43 heavy (non-hydrogen) atoms. The number of nitrogens with one attached hydrogen (secondary N) is 1. The SMILES string of the molecule is O=C([C@H]1C[C@@H](O)CN1CCO)N1CCc2nc(Nc3ncc4cc(C5COC5)nc(N5C6CCC5CC6)c4n3)ccc2C1. The highest BCUT2D eigenvalue weighted by molar-refractivity contribution is 5.90. The predicted molar refractivity (Wildman–Crippen MR) is 159 cm³/mol. The Bertz CT molecular complexity index is 1530. The quantitative estimate of drug-likeness (QED) is 0.373. The van der Waals surface area contributed by atoms with Crippen molar-refractivity contribution in [2.24, 2.45) is 0 Å². The number of aliphatic hydroxyl groups excluding tert-OH is 2. The van der Waals surface area contributed by atoms with E-state index in [1.54, 1.807) is 0 Å². The summed E-state index contributed by atoms with van der Waals surface area (Å²) in [5.41, 5.74) is 3.91. The van der Waals surface area contributed by atoms with Gasteiger partial charge in [-0.2, -0.15) is 0 Å². The van der Waals surface area contributed by atoms with E-state index in [1.165, 1.54) is 25.7 Å². The Morgan fingerprint density at radius 1 is 1.09 bits per heavy atom. The molecule has 8 heterocycles. The second kappa shape index (κ2) is 10.9. The summed E-state index contributed by atoms with van der Waals surface area (Å²) in [7, 11) is 0. The first kappa shape index (κ1) is 27.1. The molecular weight excluding hydrogens is 548 g/mol. The number of carbonyl (C=O) groups is 1. The highest BCUT2D eigenvalue weighted by Crippen LogP contribution is 2.43.